The molecular weight excluding hydrogens is 266 g/mol. The number of alkyl halides is 1. The average Bonchev–Trinajstić information content (AvgIpc) is 2.28. The third-order valence-electron chi connectivity index (χ3n) is 3.31. The van der Waals surface area contributed by atoms with E-state index in [4.69, 9.17) is 0 Å². The predicted molar refractivity (Wildman–Crippen MR) is 73.9 cm³/mol. The Kier molecular flexibility index (Phi) is 7.29. The van der Waals surface area contributed by atoms with Gasteiger partial charge in [-0.15, -0.1) is 0 Å². The molecule has 96 valence electrons. The van der Waals surface area contributed by atoms with Gasteiger partial charge in [0.1, 0.15) is 0 Å². The van der Waals surface area contributed by atoms with Gasteiger partial charge < -0.3 is 4.90 Å². The first-order chi connectivity index (χ1) is 7.40. The fourth-order valence-electron chi connectivity index (χ4n) is 1.61. The predicted octanol–water partition coefficient (Wildman–Crippen LogP) is 3.83. The van der Waals surface area contributed by atoms with Gasteiger partial charge in [0.2, 0.25) is 5.91 Å². The van der Waals surface area contributed by atoms with Crippen molar-refractivity contribution in [1.29, 1.82) is 0 Å². The van der Waals surface area contributed by atoms with E-state index in [2.05, 4.69) is 43.6 Å². The number of unbranched alkanes of at least 4 members (excludes halogenated alkanes) is 1. The van der Waals surface area contributed by atoms with E-state index in [1.54, 1.807) is 0 Å². The summed E-state index contributed by atoms with van der Waals surface area (Å²) in [4.78, 5) is 14.2. The molecule has 0 aromatic heterocycles. The van der Waals surface area contributed by atoms with E-state index in [1.807, 2.05) is 11.9 Å². The minimum atomic E-state index is -0.100. The van der Waals surface area contributed by atoms with Gasteiger partial charge in [0.05, 0.1) is 0 Å². The SMILES string of the molecule is CCCCC(CC)C(=O)N(C)C(C)(C)CBr. The fourth-order valence-corrected chi connectivity index (χ4v) is 1.99. The molecule has 1 atom stereocenters. The van der Waals surface area contributed by atoms with Gasteiger partial charge in [0.25, 0.3) is 0 Å². The molecule has 3 heteroatoms. The first kappa shape index (κ1) is 16.0. The Balaban J connectivity index is 4.49. The van der Waals surface area contributed by atoms with Crippen molar-refractivity contribution in [2.45, 2.75) is 58.9 Å². The van der Waals surface area contributed by atoms with Gasteiger partial charge in [-0.05, 0) is 26.7 Å². The summed E-state index contributed by atoms with van der Waals surface area (Å²) >= 11 is 3.47. The van der Waals surface area contributed by atoms with Gasteiger partial charge in [-0.1, -0.05) is 42.6 Å². The molecule has 0 aliphatic heterocycles. The largest absolute Gasteiger partial charge is 0.340 e. The van der Waals surface area contributed by atoms with E-state index in [9.17, 15) is 4.79 Å². The monoisotopic (exact) mass is 291 g/mol. The standard InChI is InChI=1S/C13H26BrNO/c1-6-8-9-11(7-2)12(16)15(5)13(3,4)10-14/h11H,6-10H2,1-5H3. The van der Waals surface area contributed by atoms with Gasteiger partial charge in [0.15, 0.2) is 0 Å². The first-order valence-corrected chi connectivity index (χ1v) is 7.36. The zero-order valence-corrected chi connectivity index (χ0v) is 12.9. The Labute approximate surface area is 109 Å². The minimum Gasteiger partial charge on any atom is -0.340 e. The highest BCUT2D eigenvalue weighted by molar-refractivity contribution is 9.09. The quantitative estimate of drug-likeness (QED) is 0.653. The number of hydrogen-bond donors (Lipinski definition) is 0. The van der Waals surface area contributed by atoms with Crippen LogP contribution in [0.25, 0.3) is 0 Å². The summed E-state index contributed by atoms with van der Waals surface area (Å²) in [7, 11) is 1.91. The molecule has 0 aromatic rings. The van der Waals surface area contributed by atoms with Crippen molar-refractivity contribution >= 4 is 21.8 Å². The third kappa shape index (κ3) is 4.44. The summed E-state index contributed by atoms with van der Waals surface area (Å²) in [6.07, 6.45) is 4.28. The maximum Gasteiger partial charge on any atom is 0.225 e. The lowest BCUT2D eigenvalue weighted by Crippen LogP contribution is -2.48. The highest BCUT2D eigenvalue weighted by Crippen LogP contribution is 2.22. The summed E-state index contributed by atoms with van der Waals surface area (Å²) in [6, 6.07) is 0. The fraction of sp³-hybridized carbons (Fsp3) is 0.923. The lowest BCUT2D eigenvalue weighted by atomic mass is 9.95. The van der Waals surface area contributed by atoms with Crippen LogP contribution in [-0.2, 0) is 4.79 Å². The molecule has 16 heavy (non-hydrogen) atoms. The van der Waals surface area contributed by atoms with E-state index in [0.29, 0.717) is 5.91 Å². The van der Waals surface area contributed by atoms with Crippen molar-refractivity contribution in [3.05, 3.63) is 0 Å². The summed E-state index contributed by atoms with van der Waals surface area (Å²) < 4.78 is 0. The van der Waals surface area contributed by atoms with Crippen LogP contribution in [0.1, 0.15) is 53.4 Å². The number of halogens is 1. The minimum absolute atomic E-state index is 0.100. The second kappa shape index (κ2) is 7.31. The Morgan fingerprint density at radius 2 is 1.94 bits per heavy atom. The van der Waals surface area contributed by atoms with E-state index in [0.717, 1.165) is 31.0 Å². The van der Waals surface area contributed by atoms with Crippen molar-refractivity contribution in [1.82, 2.24) is 4.90 Å². The molecule has 0 radical (unpaired) electrons. The molecule has 0 aromatic carbocycles. The molecule has 0 rings (SSSR count). The molecule has 0 aliphatic rings. The van der Waals surface area contributed by atoms with Crippen molar-refractivity contribution < 1.29 is 4.79 Å². The van der Waals surface area contributed by atoms with Gasteiger partial charge in [-0.2, -0.15) is 0 Å². The molecule has 0 N–H and O–H groups in total. The van der Waals surface area contributed by atoms with Crippen molar-refractivity contribution in [2.24, 2.45) is 5.92 Å². The first-order valence-electron chi connectivity index (χ1n) is 6.24. The molecule has 0 aliphatic carbocycles. The topological polar surface area (TPSA) is 20.3 Å². The summed E-state index contributed by atoms with van der Waals surface area (Å²) in [5.74, 6) is 0.490. The maximum absolute atomic E-state index is 12.3. The van der Waals surface area contributed by atoms with Crippen LogP contribution in [0.2, 0.25) is 0 Å². The van der Waals surface area contributed by atoms with Crippen LogP contribution in [0.3, 0.4) is 0 Å². The lowest BCUT2D eigenvalue weighted by molar-refractivity contribution is -0.138. The molecule has 1 unspecified atom stereocenters. The highest BCUT2D eigenvalue weighted by Gasteiger charge is 2.30. The van der Waals surface area contributed by atoms with Crippen molar-refractivity contribution in [3.63, 3.8) is 0 Å². The molecule has 0 fully saturated rings. The van der Waals surface area contributed by atoms with Gasteiger partial charge in [0, 0.05) is 23.8 Å². The van der Waals surface area contributed by atoms with E-state index in [1.165, 1.54) is 0 Å². The van der Waals surface area contributed by atoms with E-state index >= 15 is 0 Å². The lowest BCUT2D eigenvalue weighted by Gasteiger charge is -2.36. The smallest absolute Gasteiger partial charge is 0.225 e. The van der Waals surface area contributed by atoms with Crippen LogP contribution in [-0.4, -0.2) is 28.7 Å². The Morgan fingerprint density at radius 1 is 1.38 bits per heavy atom. The van der Waals surface area contributed by atoms with Crippen LogP contribution in [0.15, 0.2) is 0 Å². The number of carbonyl (C=O) groups excluding carboxylic acids is 1. The summed E-state index contributed by atoms with van der Waals surface area (Å²) in [5, 5.41) is 0.812. The number of amides is 1. The maximum atomic E-state index is 12.3. The van der Waals surface area contributed by atoms with Crippen molar-refractivity contribution in [3.8, 4) is 0 Å². The zero-order valence-electron chi connectivity index (χ0n) is 11.3. The second-order valence-electron chi connectivity index (χ2n) is 5.09. The van der Waals surface area contributed by atoms with Crippen LogP contribution in [0, 0.1) is 5.92 Å². The van der Waals surface area contributed by atoms with Crippen LogP contribution < -0.4 is 0 Å². The van der Waals surface area contributed by atoms with Gasteiger partial charge in [-0.3, -0.25) is 4.79 Å². The normalized spacial score (nSPS) is 13.6. The Morgan fingerprint density at radius 3 is 2.31 bits per heavy atom. The average molecular weight is 292 g/mol. The molecule has 0 heterocycles. The summed E-state index contributed by atoms with van der Waals surface area (Å²) in [5.41, 5.74) is -0.100. The second-order valence-corrected chi connectivity index (χ2v) is 5.65. The Bertz CT molecular complexity index is 216. The number of rotatable bonds is 7. The molecule has 1 amide bonds. The highest BCUT2D eigenvalue weighted by atomic mass is 79.9. The molecule has 0 saturated carbocycles. The van der Waals surface area contributed by atoms with Gasteiger partial charge >= 0.3 is 0 Å². The molecule has 0 bridgehead atoms. The number of nitrogens with zero attached hydrogens (tertiary/aromatic N) is 1. The van der Waals surface area contributed by atoms with Gasteiger partial charge in [-0.25, -0.2) is 0 Å². The Hall–Kier alpha value is -0.0500. The molecular formula is C13H26BrNO. The van der Waals surface area contributed by atoms with Crippen LogP contribution in [0.4, 0.5) is 0 Å². The molecule has 2 nitrogen and oxygen atoms in total. The third-order valence-corrected chi connectivity index (χ3v) is 4.69. The molecule has 0 saturated heterocycles. The number of carbonyl (C=O) groups is 1. The van der Waals surface area contributed by atoms with Crippen molar-refractivity contribution in [2.75, 3.05) is 12.4 Å². The molecule has 0 spiro atoms. The van der Waals surface area contributed by atoms with Crippen LogP contribution >= 0.6 is 15.9 Å². The summed E-state index contributed by atoms with van der Waals surface area (Å²) in [6.45, 7) is 8.45. The van der Waals surface area contributed by atoms with E-state index < -0.39 is 0 Å². The van der Waals surface area contributed by atoms with E-state index in [-0.39, 0.29) is 11.5 Å². The zero-order chi connectivity index (χ0) is 12.8. The van der Waals surface area contributed by atoms with Crippen LogP contribution in [0.5, 0.6) is 0 Å². The number of hydrogen-bond acceptors (Lipinski definition) is 1.